The molecule has 0 amide bonds. The fourth-order valence-electron chi connectivity index (χ4n) is 3.50. The van der Waals surface area contributed by atoms with Gasteiger partial charge in [0.25, 0.3) is 0 Å². The normalized spacial score (nSPS) is 17.9. The lowest BCUT2D eigenvalue weighted by Crippen LogP contribution is -2.32. The van der Waals surface area contributed by atoms with Gasteiger partial charge in [0.2, 0.25) is 16.0 Å². The minimum atomic E-state index is -3.71. The summed E-state index contributed by atoms with van der Waals surface area (Å²) in [4.78, 5) is 11.8. The summed E-state index contributed by atoms with van der Waals surface area (Å²) in [6, 6.07) is 7.56. The van der Waals surface area contributed by atoms with Crippen LogP contribution in [0.5, 0.6) is 0 Å². The van der Waals surface area contributed by atoms with Gasteiger partial charge in [-0.1, -0.05) is 13.0 Å². The largest absolute Gasteiger partial charge is 0.352 e. The number of nitrogens with one attached hydrogen (secondary N) is 1. The lowest BCUT2D eigenvalue weighted by Gasteiger charge is -2.30. The van der Waals surface area contributed by atoms with Gasteiger partial charge in [-0.05, 0) is 55.9 Å². The summed E-state index contributed by atoms with van der Waals surface area (Å²) in [5.41, 5.74) is 3.25. The number of anilines is 2. The number of nitrogens with zero attached hydrogens (tertiary/aromatic N) is 3. The first-order valence-corrected chi connectivity index (χ1v) is 11.4. The van der Waals surface area contributed by atoms with Crippen LogP contribution in [0.3, 0.4) is 0 Å². The van der Waals surface area contributed by atoms with E-state index in [1.807, 2.05) is 6.07 Å². The van der Waals surface area contributed by atoms with Crippen molar-refractivity contribution in [3.63, 3.8) is 0 Å². The van der Waals surface area contributed by atoms with E-state index in [1.165, 1.54) is 12.8 Å². The van der Waals surface area contributed by atoms with Crippen molar-refractivity contribution in [1.82, 2.24) is 9.97 Å². The third kappa shape index (κ3) is 4.12. The smallest absolute Gasteiger partial charge is 0.238 e. The molecule has 1 aliphatic carbocycles. The zero-order valence-electron chi connectivity index (χ0n) is 16.4. The molecule has 0 bridgehead atoms. The Kier molecular flexibility index (Phi) is 5.01. The molecule has 28 heavy (non-hydrogen) atoms. The summed E-state index contributed by atoms with van der Waals surface area (Å²) in [6.45, 7) is 5.71. The van der Waals surface area contributed by atoms with Crippen molar-refractivity contribution in [3.8, 4) is 0 Å². The molecular formula is C20H27N5O2S. The molecule has 1 fully saturated rings. The highest BCUT2D eigenvalue weighted by Gasteiger charge is 2.28. The molecule has 1 atom stereocenters. The van der Waals surface area contributed by atoms with E-state index in [0.29, 0.717) is 24.5 Å². The van der Waals surface area contributed by atoms with Crippen molar-refractivity contribution in [3.05, 3.63) is 41.1 Å². The minimum absolute atomic E-state index is 0.161. The quantitative estimate of drug-likeness (QED) is 0.772. The predicted molar refractivity (Wildman–Crippen MR) is 110 cm³/mol. The van der Waals surface area contributed by atoms with Gasteiger partial charge in [-0.25, -0.2) is 18.5 Å². The van der Waals surface area contributed by atoms with Crippen molar-refractivity contribution >= 4 is 21.8 Å². The van der Waals surface area contributed by atoms with Crippen LogP contribution in [0.2, 0.25) is 0 Å². The van der Waals surface area contributed by atoms with E-state index < -0.39 is 10.0 Å². The Morgan fingerprint density at radius 3 is 2.71 bits per heavy atom. The Morgan fingerprint density at radius 1 is 1.25 bits per heavy atom. The van der Waals surface area contributed by atoms with E-state index in [4.69, 9.17) is 15.1 Å². The highest BCUT2D eigenvalue weighted by molar-refractivity contribution is 7.89. The van der Waals surface area contributed by atoms with Gasteiger partial charge in [0.05, 0.1) is 10.6 Å². The van der Waals surface area contributed by atoms with E-state index >= 15 is 0 Å². The van der Waals surface area contributed by atoms with Gasteiger partial charge in [-0.3, -0.25) is 0 Å². The van der Waals surface area contributed by atoms with Crippen molar-refractivity contribution < 1.29 is 8.42 Å². The molecule has 8 heteroatoms. The van der Waals surface area contributed by atoms with Crippen LogP contribution < -0.4 is 15.4 Å². The SMILES string of the molecule is CC[C@@H](C)Nc1nc(C2CC2)cc(N2CCc3ccc(S(N)(=O)=O)cc3C2)n1. The molecule has 1 aromatic carbocycles. The Hall–Kier alpha value is -2.19. The van der Waals surface area contributed by atoms with Gasteiger partial charge in [-0.15, -0.1) is 0 Å². The first-order valence-electron chi connectivity index (χ1n) is 9.88. The fraction of sp³-hybridized carbons (Fsp3) is 0.500. The Balaban J connectivity index is 1.64. The van der Waals surface area contributed by atoms with Gasteiger partial charge >= 0.3 is 0 Å². The van der Waals surface area contributed by atoms with Gasteiger partial charge < -0.3 is 10.2 Å². The van der Waals surface area contributed by atoms with E-state index in [0.717, 1.165) is 42.0 Å². The molecule has 150 valence electrons. The fourth-order valence-corrected chi connectivity index (χ4v) is 4.06. The Morgan fingerprint density at radius 2 is 2.04 bits per heavy atom. The van der Waals surface area contributed by atoms with Crippen LogP contribution in [0.1, 0.15) is 55.8 Å². The molecule has 0 saturated heterocycles. The molecule has 1 aromatic heterocycles. The molecule has 1 aliphatic heterocycles. The van der Waals surface area contributed by atoms with E-state index in [2.05, 4.69) is 30.1 Å². The topological polar surface area (TPSA) is 101 Å². The van der Waals surface area contributed by atoms with Crippen molar-refractivity contribution in [1.29, 1.82) is 0 Å². The van der Waals surface area contributed by atoms with Gasteiger partial charge in [0.1, 0.15) is 5.82 Å². The van der Waals surface area contributed by atoms with Crippen molar-refractivity contribution in [2.75, 3.05) is 16.8 Å². The molecule has 1 saturated carbocycles. The van der Waals surface area contributed by atoms with E-state index in [-0.39, 0.29) is 4.90 Å². The van der Waals surface area contributed by atoms with Crippen LogP contribution in [0.15, 0.2) is 29.2 Å². The molecule has 7 nitrogen and oxygen atoms in total. The van der Waals surface area contributed by atoms with Crippen LogP contribution in [0, 0.1) is 0 Å². The first-order chi connectivity index (χ1) is 13.3. The molecular weight excluding hydrogens is 374 g/mol. The lowest BCUT2D eigenvalue weighted by molar-refractivity contribution is 0.597. The molecule has 2 aromatic rings. The number of hydrogen-bond donors (Lipinski definition) is 2. The summed E-state index contributed by atoms with van der Waals surface area (Å²) >= 11 is 0. The molecule has 2 heterocycles. The average Bonchev–Trinajstić information content (AvgIpc) is 3.51. The summed E-state index contributed by atoms with van der Waals surface area (Å²) < 4.78 is 23.4. The zero-order chi connectivity index (χ0) is 19.9. The molecule has 0 radical (unpaired) electrons. The number of benzene rings is 1. The number of rotatable bonds is 6. The standard InChI is InChI=1S/C20H27N5O2S/c1-3-13(2)22-20-23-18(15-4-5-15)11-19(24-20)25-9-8-14-6-7-17(28(21,26)27)10-16(14)12-25/h6-7,10-11,13,15H,3-5,8-9,12H2,1-2H3,(H2,21,26,27)(H,22,23,24)/t13-/m1/s1. The minimum Gasteiger partial charge on any atom is -0.352 e. The van der Waals surface area contributed by atoms with Gasteiger partial charge in [-0.2, -0.15) is 4.98 Å². The second-order valence-electron chi connectivity index (χ2n) is 7.85. The molecule has 4 rings (SSSR count). The molecule has 2 aliphatic rings. The lowest BCUT2D eigenvalue weighted by atomic mass is 10.00. The summed E-state index contributed by atoms with van der Waals surface area (Å²) in [5.74, 6) is 2.11. The van der Waals surface area contributed by atoms with Crippen LogP contribution in [-0.2, 0) is 23.0 Å². The number of sulfonamides is 1. The van der Waals surface area contributed by atoms with Gasteiger partial charge in [0, 0.05) is 31.1 Å². The average molecular weight is 402 g/mol. The second-order valence-corrected chi connectivity index (χ2v) is 9.41. The van der Waals surface area contributed by atoms with Crippen LogP contribution in [0.4, 0.5) is 11.8 Å². The molecule has 0 spiro atoms. The first kappa shape index (κ1) is 19.1. The van der Waals surface area contributed by atoms with Gasteiger partial charge in [0.15, 0.2) is 0 Å². The third-order valence-corrected chi connectivity index (χ3v) is 6.47. The Bertz CT molecular complexity index is 988. The highest BCUT2D eigenvalue weighted by Crippen LogP contribution is 2.40. The maximum atomic E-state index is 11.7. The number of primary sulfonamides is 1. The van der Waals surface area contributed by atoms with Crippen molar-refractivity contribution in [2.24, 2.45) is 5.14 Å². The summed E-state index contributed by atoms with van der Waals surface area (Å²) in [7, 11) is -3.71. The van der Waals surface area contributed by atoms with Crippen molar-refractivity contribution in [2.45, 2.75) is 62.9 Å². The zero-order valence-corrected chi connectivity index (χ0v) is 17.2. The van der Waals surface area contributed by atoms with Crippen LogP contribution >= 0.6 is 0 Å². The predicted octanol–water partition coefficient (Wildman–Crippen LogP) is 2.77. The molecule has 3 N–H and O–H groups in total. The maximum Gasteiger partial charge on any atom is 0.238 e. The summed E-state index contributed by atoms with van der Waals surface area (Å²) in [5, 5.41) is 8.70. The third-order valence-electron chi connectivity index (χ3n) is 5.56. The maximum absolute atomic E-state index is 11.7. The number of aromatic nitrogens is 2. The monoisotopic (exact) mass is 401 g/mol. The van der Waals surface area contributed by atoms with E-state index in [1.54, 1.807) is 12.1 Å². The van der Waals surface area contributed by atoms with E-state index in [9.17, 15) is 8.42 Å². The molecule has 0 unspecified atom stereocenters. The number of nitrogens with two attached hydrogens (primary N) is 1. The Labute approximate surface area is 166 Å². The van der Waals surface area contributed by atoms with Crippen LogP contribution in [-0.4, -0.2) is 31.0 Å². The highest BCUT2D eigenvalue weighted by atomic mass is 32.2. The number of hydrogen-bond acceptors (Lipinski definition) is 6. The summed E-state index contributed by atoms with van der Waals surface area (Å²) in [6.07, 6.45) is 4.20. The number of fused-ring (bicyclic) bond motifs is 1. The second kappa shape index (κ2) is 7.33. The van der Waals surface area contributed by atoms with Crippen LogP contribution in [0.25, 0.3) is 0 Å².